The SMILES string of the molecule is CNCCC1CCCCN1Cc1ccc(Br)cc1[N+](=O)[O-]. The Morgan fingerprint density at radius 3 is 3.00 bits per heavy atom. The van der Waals surface area contributed by atoms with Gasteiger partial charge in [0, 0.05) is 28.7 Å². The lowest BCUT2D eigenvalue weighted by Crippen LogP contribution is -2.40. The van der Waals surface area contributed by atoms with Crippen LogP contribution >= 0.6 is 15.9 Å². The molecule has 0 spiro atoms. The molecular weight excluding hydrogens is 334 g/mol. The highest BCUT2D eigenvalue weighted by Gasteiger charge is 2.24. The average Bonchev–Trinajstić information content (AvgIpc) is 2.48. The van der Waals surface area contributed by atoms with Crippen molar-refractivity contribution in [1.29, 1.82) is 0 Å². The molecule has 0 aliphatic carbocycles. The highest BCUT2D eigenvalue weighted by atomic mass is 79.9. The molecule has 116 valence electrons. The van der Waals surface area contributed by atoms with E-state index in [1.54, 1.807) is 6.07 Å². The molecule has 0 amide bonds. The molecule has 0 bridgehead atoms. The smallest absolute Gasteiger partial charge is 0.275 e. The number of nitrogens with zero attached hydrogens (tertiary/aromatic N) is 2. The Hall–Kier alpha value is -0.980. The van der Waals surface area contributed by atoms with Gasteiger partial charge in [-0.3, -0.25) is 15.0 Å². The molecule has 0 aromatic heterocycles. The second-order valence-corrected chi connectivity index (χ2v) is 6.46. The lowest BCUT2D eigenvalue weighted by molar-refractivity contribution is -0.385. The van der Waals surface area contributed by atoms with Gasteiger partial charge in [-0.25, -0.2) is 0 Å². The van der Waals surface area contributed by atoms with Gasteiger partial charge >= 0.3 is 0 Å². The van der Waals surface area contributed by atoms with E-state index in [2.05, 4.69) is 26.1 Å². The Morgan fingerprint density at radius 2 is 2.29 bits per heavy atom. The second-order valence-electron chi connectivity index (χ2n) is 5.54. The predicted molar refractivity (Wildman–Crippen MR) is 87.4 cm³/mol. The average molecular weight is 356 g/mol. The fraction of sp³-hybridized carbons (Fsp3) is 0.600. The number of hydrogen-bond acceptors (Lipinski definition) is 4. The van der Waals surface area contributed by atoms with Crippen LogP contribution < -0.4 is 5.32 Å². The van der Waals surface area contributed by atoms with E-state index in [-0.39, 0.29) is 10.6 Å². The fourth-order valence-corrected chi connectivity index (χ4v) is 3.31. The molecular formula is C15H22BrN3O2. The normalized spacial score (nSPS) is 19.6. The van der Waals surface area contributed by atoms with Crippen LogP contribution in [0.2, 0.25) is 0 Å². The van der Waals surface area contributed by atoms with E-state index in [1.165, 1.54) is 19.3 Å². The molecule has 6 heteroatoms. The van der Waals surface area contributed by atoms with Crippen LogP contribution in [0.4, 0.5) is 5.69 Å². The van der Waals surface area contributed by atoms with E-state index in [9.17, 15) is 10.1 Å². The molecule has 1 aromatic carbocycles. The van der Waals surface area contributed by atoms with E-state index in [0.29, 0.717) is 12.6 Å². The quantitative estimate of drug-likeness (QED) is 0.628. The molecule has 5 nitrogen and oxygen atoms in total. The maximum Gasteiger partial charge on any atom is 0.275 e. The molecule has 1 saturated heterocycles. The summed E-state index contributed by atoms with van der Waals surface area (Å²) in [6, 6.07) is 5.87. The minimum atomic E-state index is -0.285. The first-order chi connectivity index (χ1) is 10.1. The summed E-state index contributed by atoms with van der Waals surface area (Å²) in [7, 11) is 1.97. The van der Waals surface area contributed by atoms with Crippen molar-refractivity contribution in [2.45, 2.75) is 38.3 Å². The summed E-state index contributed by atoms with van der Waals surface area (Å²) in [4.78, 5) is 13.3. The van der Waals surface area contributed by atoms with E-state index >= 15 is 0 Å². The zero-order valence-corrected chi connectivity index (χ0v) is 13.9. The van der Waals surface area contributed by atoms with Crippen molar-refractivity contribution in [3.05, 3.63) is 38.3 Å². The number of hydrogen-bond donors (Lipinski definition) is 1. The van der Waals surface area contributed by atoms with Gasteiger partial charge in [-0.1, -0.05) is 22.4 Å². The molecule has 21 heavy (non-hydrogen) atoms. The standard InChI is InChI=1S/C15H22BrN3O2/c1-17-8-7-14-4-2-3-9-18(14)11-12-5-6-13(16)10-15(12)19(20)21/h5-6,10,14,17H,2-4,7-9,11H2,1H3. The van der Waals surface area contributed by atoms with E-state index in [1.807, 2.05) is 19.2 Å². The Bertz CT molecular complexity index is 496. The summed E-state index contributed by atoms with van der Waals surface area (Å²) < 4.78 is 0.753. The summed E-state index contributed by atoms with van der Waals surface area (Å²) in [5.74, 6) is 0. The van der Waals surface area contributed by atoms with Crippen molar-refractivity contribution in [3.8, 4) is 0 Å². The predicted octanol–water partition coefficient (Wildman–Crippen LogP) is 3.32. The Balaban J connectivity index is 2.13. The topological polar surface area (TPSA) is 58.4 Å². The van der Waals surface area contributed by atoms with Crippen LogP contribution in [0.5, 0.6) is 0 Å². The van der Waals surface area contributed by atoms with Crippen LogP contribution in [0.1, 0.15) is 31.2 Å². The molecule has 1 N–H and O–H groups in total. The molecule has 0 radical (unpaired) electrons. The summed E-state index contributed by atoms with van der Waals surface area (Å²) in [6.07, 6.45) is 4.72. The number of nitrogens with one attached hydrogen (secondary N) is 1. The van der Waals surface area contributed by atoms with Crippen molar-refractivity contribution in [2.75, 3.05) is 20.1 Å². The summed E-state index contributed by atoms with van der Waals surface area (Å²) >= 11 is 3.31. The van der Waals surface area contributed by atoms with Crippen molar-refractivity contribution >= 4 is 21.6 Å². The van der Waals surface area contributed by atoms with Gasteiger partial charge < -0.3 is 5.32 Å². The van der Waals surface area contributed by atoms with Crippen molar-refractivity contribution in [3.63, 3.8) is 0 Å². The molecule has 1 unspecified atom stereocenters. The minimum absolute atomic E-state index is 0.210. The van der Waals surface area contributed by atoms with Crippen LogP contribution in [0.3, 0.4) is 0 Å². The minimum Gasteiger partial charge on any atom is -0.320 e. The molecule has 1 aromatic rings. The third kappa shape index (κ3) is 4.49. The molecule has 2 rings (SSSR count). The molecule has 0 saturated carbocycles. The van der Waals surface area contributed by atoms with Crippen LogP contribution in [0.25, 0.3) is 0 Å². The van der Waals surface area contributed by atoms with Gasteiger partial charge in [0.25, 0.3) is 5.69 Å². The number of halogens is 1. The van der Waals surface area contributed by atoms with Crippen LogP contribution in [-0.2, 0) is 6.54 Å². The lowest BCUT2D eigenvalue weighted by Gasteiger charge is -2.35. The maximum absolute atomic E-state index is 11.2. The Kier molecular flexibility index (Phi) is 6.14. The van der Waals surface area contributed by atoms with E-state index < -0.39 is 0 Å². The maximum atomic E-state index is 11.2. The Morgan fingerprint density at radius 1 is 1.48 bits per heavy atom. The summed E-state index contributed by atoms with van der Waals surface area (Å²) in [6.45, 7) is 2.68. The van der Waals surface area contributed by atoms with Crippen LogP contribution in [0, 0.1) is 10.1 Å². The molecule has 1 atom stereocenters. The fourth-order valence-electron chi connectivity index (χ4n) is 2.97. The van der Waals surface area contributed by atoms with Crippen LogP contribution in [0.15, 0.2) is 22.7 Å². The zero-order chi connectivity index (χ0) is 15.2. The highest BCUT2D eigenvalue weighted by molar-refractivity contribution is 9.10. The first kappa shape index (κ1) is 16.4. The zero-order valence-electron chi connectivity index (χ0n) is 12.3. The highest BCUT2D eigenvalue weighted by Crippen LogP contribution is 2.28. The monoisotopic (exact) mass is 355 g/mol. The molecule has 1 fully saturated rings. The van der Waals surface area contributed by atoms with Gasteiger partial charge in [-0.2, -0.15) is 0 Å². The van der Waals surface area contributed by atoms with Gasteiger partial charge in [-0.05, 0) is 51.5 Å². The van der Waals surface area contributed by atoms with Crippen LogP contribution in [-0.4, -0.2) is 36.0 Å². The first-order valence-electron chi connectivity index (χ1n) is 7.43. The Labute approximate surface area is 134 Å². The van der Waals surface area contributed by atoms with Gasteiger partial charge in [0.15, 0.2) is 0 Å². The molecule has 1 aliphatic rings. The number of benzene rings is 1. The van der Waals surface area contributed by atoms with E-state index in [4.69, 9.17) is 0 Å². The summed E-state index contributed by atoms with van der Waals surface area (Å²) in [5, 5.41) is 14.4. The molecule has 1 heterocycles. The number of piperidine rings is 1. The summed E-state index contributed by atoms with van der Waals surface area (Å²) in [5.41, 5.74) is 1.02. The number of nitro groups is 1. The van der Waals surface area contributed by atoms with Gasteiger partial charge in [0.2, 0.25) is 0 Å². The van der Waals surface area contributed by atoms with Gasteiger partial charge in [0.1, 0.15) is 0 Å². The second kappa shape index (κ2) is 7.87. The number of rotatable bonds is 6. The third-order valence-electron chi connectivity index (χ3n) is 4.09. The first-order valence-corrected chi connectivity index (χ1v) is 8.22. The van der Waals surface area contributed by atoms with Gasteiger partial charge in [-0.15, -0.1) is 0 Å². The largest absolute Gasteiger partial charge is 0.320 e. The van der Waals surface area contributed by atoms with Crippen molar-refractivity contribution in [1.82, 2.24) is 10.2 Å². The number of likely N-dealkylation sites (tertiary alicyclic amines) is 1. The lowest BCUT2D eigenvalue weighted by atomic mass is 9.98. The van der Waals surface area contributed by atoms with Crippen molar-refractivity contribution < 1.29 is 4.92 Å². The van der Waals surface area contributed by atoms with Crippen molar-refractivity contribution in [2.24, 2.45) is 0 Å². The molecule has 1 aliphatic heterocycles. The van der Waals surface area contributed by atoms with E-state index in [0.717, 1.165) is 29.5 Å². The number of nitro benzene ring substituents is 1. The third-order valence-corrected chi connectivity index (χ3v) is 4.59. The van der Waals surface area contributed by atoms with Gasteiger partial charge in [0.05, 0.1) is 4.92 Å².